The van der Waals surface area contributed by atoms with Crippen LogP contribution in [-0.2, 0) is 4.79 Å². The average Bonchev–Trinajstić information content (AvgIpc) is 3.01. The van der Waals surface area contributed by atoms with Crippen molar-refractivity contribution in [2.24, 2.45) is 0 Å². The van der Waals surface area contributed by atoms with Crippen LogP contribution in [0.1, 0.15) is 11.1 Å². The molecular formula is C17H11FN2O. The average molecular weight is 278 g/mol. The van der Waals surface area contributed by atoms with Crippen molar-refractivity contribution in [2.45, 2.75) is 0 Å². The van der Waals surface area contributed by atoms with Crippen LogP contribution in [0.5, 0.6) is 0 Å². The summed E-state index contributed by atoms with van der Waals surface area (Å²) in [6.07, 6.45) is 3.61. The first-order valence-corrected chi connectivity index (χ1v) is 6.61. The van der Waals surface area contributed by atoms with Gasteiger partial charge in [-0.05, 0) is 30.3 Å². The Balaban J connectivity index is 1.89. The highest BCUT2D eigenvalue weighted by Gasteiger charge is 2.23. The third kappa shape index (κ3) is 1.84. The molecule has 0 bridgehead atoms. The summed E-state index contributed by atoms with van der Waals surface area (Å²) < 4.78 is 13.2. The van der Waals surface area contributed by atoms with Gasteiger partial charge in [0.25, 0.3) is 5.91 Å². The van der Waals surface area contributed by atoms with Crippen LogP contribution in [0.4, 0.5) is 10.1 Å². The molecule has 2 N–H and O–H groups in total. The number of rotatable bonds is 1. The number of amides is 1. The summed E-state index contributed by atoms with van der Waals surface area (Å²) in [7, 11) is 0. The fourth-order valence-corrected chi connectivity index (χ4v) is 2.68. The van der Waals surface area contributed by atoms with Gasteiger partial charge in [-0.3, -0.25) is 4.79 Å². The largest absolute Gasteiger partial charge is 0.360 e. The van der Waals surface area contributed by atoms with Crippen LogP contribution in [0.15, 0.2) is 48.7 Å². The van der Waals surface area contributed by atoms with Gasteiger partial charge in [0.15, 0.2) is 0 Å². The molecule has 3 aromatic rings. The van der Waals surface area contributed by atoms with Crippen LogP contribution in [0.25, 0.3) is 22.6 Å². The number of hydrogen-bond donors (Lipinski definition) is 2. The summed E-state index contributed by atoms with van der Waals surface area (Å²) in [5.41, 5.74) is 3.91. The van der Waals surface area contributed by atoms with Gasteiger partial charge in [-0.1, -0.05) is 18.2 Å². The molecule has 102 valence electrons. The molecule has 0 spiro atoms. The lowest BCUT2D eigenvalue weighted by Crippen LogP contribution is -2.03. The molecule has 0 aliphatic carbocycles. The molecule has 4 heteroatoms. The highest BCUT2D eigenvalue weighted by Crippen LogP contribution is 2.33. The van der Waals surface area contributed by atoms with Gasteiger partial charge in [-0.25, -0.2) is 4.39 Å². The van der Waals surface area contributed by atoms with Crippen LogP contribution < -0.4 is 5.32 Å². The molecule has 2 heterocycles. The number of carbonyl (C=O) groups excluding carboxylic acids is 1. The number of fused-ring (bicyclic) bond motifs is 2. The lowest BCUT2D eigenvalue weighted by atomic mass is 10.0. The van der Waals surface area contributed by atoms with E-state index in [0.717, 1.165) is 22.2 Å². The molecule has 2 aromatic carbocycles. The Hall–Kier alpha value is -2.88. The summed E-state index contributed by atoms with van der Waals surface area (Å²) in [6, 6.07) is 12.1. The second-order valence-corrected chi connectivity index (χ2v) is 4.99. The minimum atomic E-state index is -0.285. The Labute approximate surface area is 120 Å². The summed E-state index contributed by atoms with van der Waals surface area (Å²) >= 11 is 0. The van der Waals surface area contributed by atoms with Crippen LogP contribution in [0.2, 0.25) is 0 Å². The van der Waals surface area contributed by atoms with E-state index in [9.17, 15) is 9.18 Å². The fourth-order valence-electron chi connectivity index (χ4n) is 2.68. The standard InChI is InChI=1S/C17H11FN2O/c18-11-5-6-12-10(9-19-16(12)8-11)7-14-13-3-1-2-4-15(13)20-17(14)21/h1-9,19H,(H,20,21). The van der Waals surface area contributed by atoms with Gasteiger partial charge >= 0.3 is 0 Å². The molecule has 0 radical (unpaired) electrons. The summed E-state index contributed by atoms with van der Waals surface area (Å²) in [4.78, 5) is 15.1. The molecule has 0 saturated carbocycles. The van der Waals surface area contributed by atoms with E-state index in [0.29, 0.717) is 11.1 Å². The third-order valence-electron chi connectivity index (χ3n) is 3.69. The topological polar surface area (TPSA) is 44.9 Å². The molecule has 4 rings (SSSR count). The highest BCUT2D eigenvalue weighted by atomic mass is 19.1. The van der Waals surface area contributed by atoms with Gasteiger partial charge in [0.05, 0.1) is 0 Å². The zero-order valence-corrected chi connectivity index (χ0v) is 11.0. The van der Waals surface area contributed by atoms with Gasteiger partial charge < -0.3 is 10.3 Å². The van der Waals surface area contributed by atoms with Gasteiger partial charge in [-0.15, -0.1) is 0 Å². The van der Waals surface area contributed by atoms with Crippen molar-refractivity contribution in [3.63, 3.8) is 0 Å². The molecule has 1 aliphatic heterocycles. The summed E-state index contributed by atoms with van der Waals surface area (Å²) in [6.45, 7) is 0. The van der Waals surface area contributed by atoms with Gasteiger partial charge in [-0.2, -0.15) is 0 Å². The normalized spacial score (nSPS) is 15.5. The quantitative estimate of drug-likeness (QED) is 0.653. The lowest BCUT2D eigenvalue weighted by Gasteiger charge is -1.97. The minimum absolute atomic E-state index is 0.118. The molecule has 0 unspecified atom stereocenters. The maximum absolute atomic E-state index is 13.2. The van der Waals surface area contributed by atoms with Crippen molar-refractivity contribution in [2.75, 3.05) is 5.32 Å². The number of hydrogen-bond acceptors (Lipinski definition) is 1. The molecule has 0 fully saturated rings. The summed E-state index contributed by atoms with van der Waals surface area (Å²) in [5.74, 6) is -0.403. The Morgan fingerprint density at radius 1 is 1.10 bits per heavy atom. The lowest BCUT2D eigenvalue weighted by molar-refractivity contribution is -0.110. The zero-order valence-electron chi connectivity index (χ0n) is 11.0. The molecule has 1 amide bonds. The van der Waals surface area contributed by atoms with E-state index in [2.05, 4.69) is 10.3 Å². The Kier molecular flexibility index (Phi) is 2.44. The second kappa shape index (κ2) is 4.31. The van der Waals surface area contributed by atoms with Gasteiger partial charge in [0.2, 0.25) is 0 Å². The first-order chi connectivity index (χ1) is 10.2. The molecular weight excluding hydrogens is 267 g/mol. The molecule has 0 saturated heterocycles. The van der Waals surface area contributed by atoms with Gasteiger partial charge in [0, 0.05) is 39.5 Å². The monoisotopic (exact) mass is 278 g/mol. The summed E-state index contributed by atoms with van der Waals surface area (Å²) in [5, 5.41) is 3.73. The van der Waals surface area contributed by atoms with Crippen molar-refractivity contribution >= 4 is 34.1 Å². The van der Waals surface area contributed by atoms with E-state index in [-0.39, 0.29) is 11.7 Å². The van der Waals surface area contributed by atoms with Crippen molar-refractivity contribution in [1.29, 1.82) is 0 Å². The smallest absolute Gasteiger partial charge is 0.256 e. The van der Waals surface area contributed by atoms with Crippen LogP contribution in [-0.4, -0.2) is 10.9 Å². The van der Waals surface area contributed by atoms with E-state index in [1.165, 1.54) is 12.1 Å². The van der Waals surface area contributed by atoms with Crippen LogP contribution in [0, 0.1) is 5.82 Å². The number of aromatic nitrogens is 1. The molecule has 1 aliphatic rings. The minimum Gasteiger partial charge on any atom is -0.360 e. The van der Waals surface area contributed by atoms with Crippen molar-refractivity contribution in [1.82, 2.24) is 4.98 Å². The molecule has 1 aromatic heterocycles. The number of anilines is 1. The van der Waals surface area contributed by atoms with Gasteiger partial charge in [0.1, 0.15) is 5.82 Å². The number of aromatic amines is 1. The maximum atomic E-state index is 13.2. The number of para-hydroxylation sites is 1. The van der Waals surface area contributed by atoms with E-state index in [1.54, 1.807) is 12.3 Å². The number of carbonyl (C=O) groups is 1. The third-order valence-corrected chi connectivity index (χ3v) is 3.69. The van der Waals surface area contributed by atoms with E-state index in [1.807, 2.05) is 30.3 Å². The number of H-pyrrole nitrogens is 1. The Bertz CT molecular complexity index is 908. The SMILES string of the molecule is O=C1Nc2ccccc2C1=Cc1c[nH]c2cc(F)ccc12. The first kappa shape index (κ1) is 11.9. The number of halogens is 1. The second-order valence-electron chi connectivity index (χ2n) is 4.99. The van der Waals surface area contributed by atoms with Crippen molar-refractivity contribution < 1.29 is 9.18 Å². The number of benzene rings is 2. The Morgan fingerprint density at radius 2 is 1.95 bits per heavy atom. The number of nitrogens with one attached hydrogen (secondary N) is 2. The highest BCUT2D eigenvalue weighted by molar-refractivity contribution is 6.35. The van der Waals surface area contributed by atoms with E-state index >= 15 is 0 Å². The zero-order chi connectivity index (χ0) is 14.4. The fraction of sp³-hybridized carbons (Fsp3) is 0. The maximum Gasteiger partial charge on any atom is 0.256 e. The predicted molar refractivity (Wildman–Crippen MR) is 81.2 cm³/mol. The van der Waals surface area contributed by atoms with E-state index < -0.39 is 0 Å². The van der Waals surface area contributed by atoms with Crippen molar-refractivity contribution in [3.8, 4) is 0 Å². The first-order valence-electron chi connectivity index (χ1n) is 6.61. The molecule has 21 heavy (non-hydrogen) atoms. The van der Waals surface area contributed by atoms with Crippen LogP contribution >= 0.6 is 0 Å². The Morgan fingerprint density at radius 3 is 2.86 bits per heavy atom. The predicted octanol–water partition coefficient (Wildman–Crippen LogP) is 3.80. The molecule has 0 atom stereocenters. The van der Waals surface area contributed by atoms with E-state index in [4.69, 9.17) is 0 Å². The van der Waals surface area contributed by atoms with Crippen molar-refractivity contribution in [3.05, 3.63) is 65.6 Å². The molecule has 3 nitrogen and oxygen atoms in total. The van der Waals surface area contributed by atoms with Crippen LogP contribution in [0.3, 0.4) is 0 Å².